The summed E-state index contributed by atoms with van der Waals surface area (Å²) in [6, 6.07) is 17.6. The van der Waals surface area contributed by atoms with E-state index in [0.29, 0.717) is 19.5 Å². The first-order valence-electron chi connectivity index (χ1n) is 7.76. The number of aryl methyl sites for hydroxylation is 1. The molecular weight excluding hydrogens is 288 g/mol. The van der Waals surface area contributed by atoms with Gasteiger partial charge in [0.1, 0.15) is 0 Å². The summed E-state index contributed by atoms with van der Waals surface area (Å²) in [5.74, 6) is -0.130. The van der Waals surface area contributed by atoms with Gasteiger partial charge in [-0.05, 0) is 18.1 Å². The zero-order valence-electron chi connectivity index (χ0n) is 13.3. The van der Waals surface area contributed by atoms with Gasteiger partial charge in [0, 0.05) is 19.5 Å². The summed E-state index contributed by atoms with van der Waals surface area (Å²) in [4.78, 5) is 23.5. The molecular formula is C19H22N2O2. The Morgan fingerprint density at radius 2 is 1.61 bits per heavy atom. The first-order valence-corrected chi connectivity index (χ1v) is 7.76. The molecule has 0 unspecified atom stereocenters. The first kappa shape index (κ1) is 16.7. The summed E-state index contributed by atoms with van der Waals surface area (Å²) in [6.45, 7) is 2.89. The van der Waals surface area contributed by atoms with Crippen molar-refractivity contribution < 1.29 is 9.59 Å². The topological polar surface area (TPSA) is 58.2 Å². The van der Waals surface area contributed by atoms with Crippen molar-refractivity contribution in [3.63, 3.8) is 0 Å². The maximum absolute atomic E-state index is 11.8. The van der Waals surface area contributed by atoms with E-state index in [1.165, 1.54) is 5.56 Å². The normalized spacial score (nSPS) is 10.1. The highest BCUT2D eigenvalue weighted by Crippen LogP contribution is 2.03. The Balaban J connectivity index is 1.63. The van der Waals surface area contributed by atoms with Crippen LogP contribution in [0.15, 0.2) is 54.6 Å². The Hall–Kier alpha value is -2.62. The van der Waals surface area contributed by atoms with Gasteiger partial charge in [0.15, 0.2) is 0 Å². The molecule has 2 aromatic carbocycles. The standard InChI is InChI=1S/C19H22N2O2/c1-15-6-5-9-17(12-15)14-21-18(22)10-11-20-19(23)13-16-7-3-2-4-8-16/h2-9,12H,10-11,13-14H2,1H3,(H,20,23)(H,21,22). The Labute approximate surface area is 136 Å². The summed E-state index contributed by atoms with van der Waals surface area (Å²) in [5.41, 5.74) is 3.21. The lowest BCUT2D eigenvalue weighted by Gasteiger charge is -2.07. The molecule has 23 heavy (non-hydrogen) atoms. The van der Waals surface area contributed by atoms with Crippen LogP contribution in [0.3, 0.4) is 0 Å². The van der Waals surface area contributed by atoms with Crippen LogP contribution in [-0.2, 0) is 22.6 Å². The first-order chi connectivity index (χ1) is 11.1. The van der Waals surface area contributed by atoms with Gasteiger partial charge in [0.2, 0.25) is 11.8 Å². The Kier molecular flexibility index (Phi) is 6.36. The second-order valence-electron chi connectivity index (χ2n) is 5.53. The van der Waals surface area contributed by atoms with Crippen molar-refractivity contribution in [2.75, 3.05) is 6.54 Å². The van der Waals surface area contributed by atoms with Crippen molar-refractivity contribution in [1.29, 1.82) is 0 Å². The largest absolute Gasteiger partial charge is 0.355 e. The summed E-state index contributed by atoms with van der Waals surface area (Å²) in [6.07, 6.45) is 0.623. The maximum Gasteiger partial charge on any atom is 0.224 e. The smallest absolute Gasteiger partial charge is 0.224 e. The van der Waals surface area contributed by atoms with Gasteiger partial charge in [-0.1, -0.05) is 60.2 Å². The van der Waals surface area contributed by atoms with Crippen LogP contribution in [0, 0.1) is 6.92 Å². The van der Waals surface area contributed by atoms with Crippen LogP contribution in [0.4, 0.5) is 0 Å². The van der Waals surface area contributed by atoms with Gasteiger partial charge in [0.05, 0.1) is 6.42 Å². The average Bonchev–Trinajstić information content (AvgIpc) is 2.54. The minimum Gasteiger partial charge on any atom is -0.355 e. The van der Waals surface area contributed by atoms with E-state index in [1.807, 2.05) is 61.5 Å². The summed E-state index contributed by atoms with van der Waals surface area (Å²) in [5, 5.41) is 5.63. The van der Waals surface area contributed by atoms with Gasteiger partial charge in [0.25, 0.3) is 0 Å². The van der Waals surface area contributed by atoms with Crippen molar-refractivity contribution in [3.8, 4) is 0 Å². The molecule has 0 fully saturated rings. The SMILES string of the molecule is Cc1cccc(CNC(=O)CCNC(=O)Cc2ccccc2)c1. The summed E-state index contributed by atoms with van der Waals surface area (Å²) < 4.78 is 0. The third-order valence-corrected chi connectivity index (χ3v) is 3.45. The molecule has 0 heterocycles. The molecule has 2 amide bonds. The Morgan fingerprint density at radius 3 is 2.35 bits per heavy atom. The number of benzene rings is 2. The van der Waals surface area contributed by atoms with E-state index in [4.69, 9.17) is 0 Å². The van der Waals surface area contributed by atoms with Gasteiger partial charge in [-0.2, -0.15) is 0 Å². The third-order valence-electron chi connectivity index (χ3n) is 3.45. The molecule has 0 spiro atoms. The number of carbonyl (C=O) groups is 2. The van der Waals surface area contributed by atoms with Gasteiger partial charge in [-0.3, -0.25) is 9.59 Å². The van der Waals surface area contributed by atoms with Crippen LogP contribution in [0.25, 0.3) is 0 Å². The monoisotopic (exact) mass is 310 g/mol. The molecule has 0 aliphatic carbocycles. The third kappa shape index (κ3) is 6.34. The maximum atomic E-state index is 11.8. The second-order valence-corrected chi connectivity index (χ2v) is 5.53. The molecule has 0 atom stereocenters. The van der Waals surface area contributed by atoms with Crippen molar-refractivity contribution in [3.05, 3.63) is 71.3 Å². The van der Waals surface area contributed by atoms with Crippen LogP contribution in [0.2, 0.25) is 0 Å². The molecule has 0 aliphatic heterocycles. The van der Waals surface area contributed by atoms with Crippen molar-refractivity contribution in [1.82, 2.24) is 10.6 Å². The van der Waals surface area contributed by atoms with Crippen LogP contribution in [0.5, 0.6) is 0 Å². The quantitative estimate of drug-likeness (QED) is 0.825. The zero-order chi connectivity index (χ0) is 16.5. The lowest BCUT2D eigenvalue weighted by atomic mass is 10.1. The molecule has 0 saturated heterocycles. The molecule has 0 aliphatic rings. The molecule has 0 aromatic heterocycles. The van der Waals surface area contributed by atoms with E-state index >= 15 is 0 Å². The second kappa shape index (κ2) is 8.73. The van der Waals surface area contributed by atoms with E-state index in [2.05, 4.69) is 10.6 Å². The van der Waals surface area contributed by atoms with E-state index in [1.54, 1.807) is 0 Å². The molecule has 2 rings (SSSR count). The van der Waals surface area contributed by atoms with Crippen molar-refractivity contribution in [2.45, 2.75) is 26.3 Å². The fourth-order valence-electron chi connectivity index (χ4n) is 2.27. The van der Waals surface area contributed by atoms with Gasteiger partial charge in [-0.25, -0.2) is 0 Å². The van der Waals surface area contributed by atoms with E-state index in [9.17, 15) is 9.59 Å². The van der Waals surface area contributed by atoms with Gasteiger partial charge in [-0.15, -0.1) is 0 Å². The predicted molar refractivity (Wildman–Crippen MR) is 90.8 cm³/mol. The van der Waals surface area contributed by atoms with Crippen LogP contribution >= 0.6 is 0 Å². The molecule has 0 bridgehead atoms. The zero-order valence-corrected chi connectivity index (χ0v) is 13.3. The number of carbonyl (C=O) groups excluding carboxylic acids is 2. The summed E-state index contributed by atoms with van der Waals surface area (Å²) in [7, 11) is 0. The van der Waals surface area contributed by atoms with Gasteiger partial charge < -0.3 is 10.6 Å². The molecule has 0 saturated carbocycles. The lowest BCUT2D eigenvalue weighted by molar-refractivity contribution is -0.122. The molecule has 4 heteroatoms. The molecule has 120 valence electrons. The fourth-order valence-corrected chi connectivity index (χ4v) is 2.27. The number of nitrogens with one attached hydrogen (secondary N) is 2. The highest BCUT2D eigenvalue weighted by atomic mass is 16.2. The number of hydrogen-bond donors (Lipinski definition) is 2. The highest BCUT2D eigenvalue weighted by Gasteiger charge is 2.05. The van der Waals surface area contributed by atoms with E-state index in [-0.39, 0.29) is 18.2 Å². The minimum absolute atomic E-state index is 0.0634. The molecule has 0 radical (unpaired) electrons. The van der Waals surface area contributed by atoms with Crippen LogP contribution in [-0.4, -0.2) is 18.4 Å². The predicted octanol–water partition coefficient (Wildman–Crippen LogP) is 2.36. The van der Waals surface area contributed by atoms with Crippen molar-refractivity contribution >= 4 is 11.8 Å². The minimum atomic E-state index is -0.0670. The lowest BCUT2D eigenvalue weighted by Crippen LogP contribution is -2.31. The van der Waals surface area contributed by atoms with Gasteiger partial charge >= 0.3 is 0 Å². The number of hydrogen-bond acceptors (Lipinski definition) is 2. The average molecular weight is 310 g/mol. The number of rotatable bonds is 7. The Bertz CT molecular complexity index is 653. The molecule has 2 N–H and O–H groups in total. The van der Waals surface area contributed by atoms with Crippen LogP contribution in [0.1, 0.15) is 23.1 Å². The highest BCUT2D eigenvalue weighted by molar-refractivity contribution is 5.80. The summed E-state index contributed by atoms with van der Waals surface area (Å²) >= 11 is 0. The molecule has 2 aromatic rings. The number of amides is 2. The fraction of sp³-hybridized carbons (Fsp3) is 0.263. The van der Waals surface area contributed by atoms with E-state index in [0.717, 1.165) is 11.1 Å². The van der Waals surface area contributed by atoms with Crippen LogP contribution < -0.4 is 10.6 Å². The molecule has 4 nitrogen and oxygen atoms in total. The van der Waals surface area contributed by atoms with Crippen molar-refractivity contribution in [2.24, 2.45) is 0 Å². The Morgan fingerprint density at radius 1 is 0.870 bits per heavy atom. The van der Waals surface area contributed by atoms with E-state index < -0.39 is 0 Å².